The molecule has 60 heavy (non-hydrogen) atoms. The van der Waals surface area contributed by atoms with Crippen LogP contribution in [-0.2, 0) is 30.3 Å². The van der Waals surface area contributed by atoms with Gasteiger partial charge in [-0.05, 0) is 109 Å². The van der Waals surface area contributed by atoms with Crippen molar-refractivity contribution >= 4 is 41.9 Å². The lowest BCUT2D eigenvalue weighted by molar-refractivity contribution is -0.143. The number of anilines is 2. The molecule has 336 valence electrons. The number of nitrogens with zero attached hydrogens (tertiary/aromatic N) is 7. The zero-order valence-corrected chi connectivity index (χ0v) is 38.0. The Morgan fingerprint density at radius 2 is 1.43 bits per heavy atom. The molecule has 2 saturated heterocycles. The number of hydrogen-bond donors (Lipinski definition) is 3. The molecule has 2 aliphatic heterocycles. The number of hydrogen-bond acceptors (Lipinski definition) is 13. The van der Waals surface area contributed by atoms with E-state index in [-0.39, 0.29) is 49.3 Å². The maximum Gasteiger partial charge on any atom is 0.407 e. The molecule has 0 spiro atoms. The lowest BCUT2D eigenvalue weighted by Crippen LogP contribution is -2.55. The van der Waals surface area contributed by atoms with Gasteiger partial charge in [0, 0.05) is 51.4 Å². The van der Waals surface area contributed by atoms with Crippen molar-refractivity contribution in [1.29, 1.82) is 5.26 Å². The van der Waals surface area contributed by atoms with Gasteiger partial charge in [0.2, 0.25) is 18.1 Å². The number of piperidine rings is 2. The number of nitrogens with two attached hydrogens (primary N) is 1. The Morgan fingerprint density at radius 3 is 1.95 bits per heavy atom. The number of likely N-dealkylation sites (tertiary alicyclic amines) is 1. The molecule has 4 N–H and O–H groups in total. The molecular formula is C42H70N10O8. The average Bonchev–Trinajstić information content (AvgIpc) is 3.46. The van der Waals surface area contributed by atoms with Crippen molar-refractivity contribution < 1.29 is 38.1 Å². The summed E-state index contributed by atoms with van der Waals surface area (Å²) in [5, 5.41) is 15.1. The fourth-order valence-corrected chi connectivity index (χ4v) is 6.32. The molecule has 1 aromatic rings. The van der Waals surface area contributed by atoms with Crippen LogP contribution in [0.2, 0.25) is 0 Å². The number of alkyl carbamates (subject to hydrolysis) is 2. The minimum Gasteiger partial charge on any atom is -0.465 e. The van der Waals surface area contributed by atoms with Crippen LogP contribution in [0.4, 0.5) is 21.4 Å². The molecule has 3 rings (SSSR count). The van der Waals surface area contributed by atoms with E-state index in [1.807, 2.05) is 97.4 Å². The fraction of sp³-hybridized carbons (Fsp3) is 0.690. The zero-order chi connectivity index (χ0) is 45.2. The quantitative estimate of drug-likeness (QED) is 0.0571. The largest absolute Gasteiger partial charge is 0.465 e. The maximum absolute atomic E-state index is 12.5. The predicted octanol–water partition coefficient (Wildman–Crippen LogP) is 5.75. The Bertz CT molecular complexity index is 1730. The van der Waals surface area contributed by atoms with Crippen LogP contribution in [0.1, 0.15) is 119 Å². The van der Waals surface area contributed by atoms with E-state index < -0.39 is 29.4 Å². The summed E-state index contributed by atoms with van der Waals surface area (Å²) in [6.07, 6.45) is 8.21. The average molecular weight is 843 g/mol. The molecule has 2 atom stereocenters. The van der Waals surface area contributed by atoms with Gasteiger partial charge in [-0.25, -0.2) is 14.4 Å². The van der Waals surface area contributed by atoms with Crippen molar-refractivity contribution in [3.05, 3.63) is 29.0 Å². The summed E-state index contributed by atoms with van der Waals surface area (Å²) in [5.41, 5.74) is 7.43. The molecule has 18 nitrogen and oxygen atoms in total. The first kappa shape index (κ1) is 50.7. The van der Waals surface area contributed by atoms with Gasteiger partial charge in [-0.3, -0.25) is 9.36 Å². The number of guanidine groups is 1. The van der Waals surface area contributed by atoms with Gasteiger partial charge < -0.3 is 50.0 Å². The van der Waals surface area contributed by atoms with Gasteiger partial charge in [-0.1, -0.05) is 23.3 Å². The minimum absolute atomic E-state index is 0.0151. The lowest BCUT2D eigenvalue weighted by Gasteiger charge is -2.38. The Labute approximate surface area is 356 Å². The molecule has 1 aromatic heterocycles. The van der Waals surface area contributed by atoms with E-state index in [1.54, 1.807) is 23.3 Å². The van der Waals surface area contributed by atoms with Crippen LogP contribution in [-0.4, -0.2) is 125 Å². The summed E-state index contributed by atoms with van der Waals surface area (Å²) in [6.45, 7) is 26.2. The van der Waals surface area contributed by atoms with Crippen LogP contribution in [0.5, 0.6) is 0 Å². The van der Waals surface area contributed by atoms with Gasteiger partial charge >= 0.3 is 24.1 Å². The lowest BCUT2D eigenvalue weighted by atomic mass is 10.1. The third-order valence-electron chi connectivity index (χ3n) is 8.75. The Hall–Kier alpha value is -5.47. The molecule has 2 amide bonds. The second-order valence-electron chi connectivity index (χ2n) is 17.1. The number of amides is 2. The van der Waals surface area contributed by atoms with E-state index >= 15 is 0 Å². The molecule has 3 heterocycles. The number of esters is 2. The molecule has 0 aliphatic carbocycles. The third-order valence-corrected chi connectivity index (χ3v) is 8.75. The number of imidazole rings is 1. The van der Waals surface area contributed by atoms with Crippen LogP contribution in [0.25, 0.3) is 0 Å². The van der Waals surface area contributed by atoms with E-state index in [1.165, 1.54) is 0 Å². The van der Waals surface area contributed by atoms with E-state index in [0.717, 1.165) is 43.4 Å². The smallest absolute Gasteiger partial charge is 0.407 e. The summed E-state index contributed by atoms with van der Waals surface area (Å²) >= 11 is 0. The van der Waals surface area contributed by atoms with Crippen molar-refractivity contribution in [2.24, 2.45) is 4.99 Å². The summed E-state index contributed by atoms with van der Waals surface area (Å²) < 4.78 is 22.8. The van der Waals surface area contributed by atoms with Gasteiger partial charge in [-0.15, -0.1) is 4.99 Å². The highest BCUT2D eigenvalue weighted by Crippen LogP contribution is 2.26. The SMILES string of the molecule is CCOC(=O)CN(CC=C(C)C)C(=NC#N)N1CCC[C@@H](NC(=O)OC(C)(C)C)C1.CCOC(=O)c1c(N)nc(N2CCC[C@@H](NC(=O)OC(C)(C)C)C2)n1CC=C(C)C. The Kier molecular flexibility index (Phi) is 20.2. The Morgan fingerprint density at radius 1 is 0.883 bits per heavy atom. The molecular weight excluding hydrogens is 773 g/mol. The molecule has 0 saturated carbocycles. The molecule has 0 unspecified atom stereocenters. The topological polar surface area (TPSA) is 219 Å². The van der Waals surface area contributed by atoms with Gasteiger partial charge in [0.05, 0.1) is 13.2 Å². The van der Waals surface area contributed by atoms with Gasteiger partial charge in [-0.2, -0.15) is 10.2 Å². The molecule has 2 fully saturated rings. The van der Waals surface area contributed by atoms with Crippen molar-refractivity contribution in [3.63, 3.8) is 0 Å². The first-order chi connectivity index (χ1) is 28.1. The molecule has 0 aromatic carbocycles. The summed E-state index contributed by atoms with van der Waals surface area (Å²) in [4.78, 5) is 63.1. The van der Waals surface area contributed by atoms with Gasteiger partial charge in [0.15, 0.2) is 11.5 Å². The van der Waals surface area contributed by atoms with E-state index in [2.05, 4.69) is 20.6 Å². The summed E-state index contributed by atoms with van der Waals surface area (Å²) in [5.74, 6) is 0.275. The number of allylic oxidation sites excluding steroid dienone is 3. The number of ether oxygens (including phenoxy) is 4. The molecule has 0 bridgehead atoms. The van der Waals surface area contributed by atoms with Crippen molar-refractivity contribution in [3.8, 4) is 6.19 Å². The first-order valence-corrected chi connectivity index (χ1v) is 20.7. The van der Waals surface area contributed by atoms with Crippen LogP contribution in [0, 0.1) is 11.5 Å². The van der Waals surface area contributed by atoms with Crippen LogP contribution in [0.3, 0.4) is 0 Å². The zero-order valence-electron chi connectivity index (χ0n) is 38.0. The number of rotatable bonds is 12. The monoisotopic (exact) mass is 843 g/mol. The Balaban J connectivity index is 0.000000413. The first-order valence-electron chi connectivity index (χ1n) is 20.7. The number of carbonyl (C=O) groups excluding carboxylic acids is 4. The number of nitriles is 1. The third kappa shape index (κ3) is 18.2. The standard InChI is InChI=1S/2C21H35N5O4/c1-7-29-18(27)16-17(22)24-19(26(16)12-10-14(2)3)25-11-8-9-15(13-25)23-20(28)30-21(4,5)6;1-7-29-18(27)14-26(12-10-16(2)3)19(23-15-22)25-11-8-9-17(13-25)24-20(28)30-21(4,5)6/h10,15H,7-9,11-13,22H2,1-6H3,(H,23,28);10,17H,7-9,11-14H2,1-6H3,(H,24,28)/t15-;17-/m11/s1. The fourth-order valence-electron chi connectivity index (χ4n) is 6.32. The van der Waals surface area contributed by atoms with Crippen LogP contribution >= 0.6 is 0 Å². The van der Waals surface area contributed by atoms with E-state index in [0.29, 0.717) is 44.6 Å². The van der Waals surface area contributed by atoms with E-state index in [9.17, 15) is 24.4 Å². The van der Waals surface area contributed by atoms with Gasteiger partial charge in [0.25, 0.3) is 0 Å². The van der Waals surface area contributed by atoms with Crippen LogP contribution < -0.4 is 21.3 Å². The maximum atomic E-state index is 12.5. The number of carbonyl (C=O) groups is 4. The molecule has 2 aliphatic rings. The summed E-state index contributed by atoms with van der Waals surface area (Å²) in [6, 6.07) is -0.236. The number of nitrogens with one attached hydrogen (secondary N) is 2. The number of aromatic nitrogens is 2. The highest BCUT2D eigenvalue weighted by Gasteiger charge is 2.31. The van der Waals surface area contributed by atoms with Crippen molar-refractivity contribution in [2.45, 2.75) is 139 Å². The van der Waals surface area contributed by atoms with Gasteiger partial charge in [0.1, 0.15) is 17.7 Å². The van der Waals surface area contributed by atoms with Crippen molar-refractivity contribution in [1.82, 2.24) is 30.0 Å². The normalized spacial score (nSPS) is 16.8. The second-order valence-corrected chi connectivity index (χ2v) is 17.1. The highest BCUT2D eigenvalue weighted by molar-refractivity contribution is 5.93. The second kappa shape index (κ2) is 24.0. The van der Waals surface area contributed by atoms with Crippen molar-refractivity contribution in [2.75, 3.05) is 63.1 Å². The molecule has 0 radical (unpaired) electrons. The van der Waals surface area contributed by atoms with Crippen LogP contribution in [0.15, 0.2) is 28.3 Å². The molecule has 18 heteroatoms. The van der Waals surface area contributed by atoms with E-state index in [4.69, 9.17) is 24.7 Å². The number of aliphatic imine (C=N–C) groups is 1. The number of nitrogen functional groups attached to an aromatic ring is 1. The highest BCUT2D eigenvalue weighted by atomic mass is 16.6. The summed E-state index contributed by atoms with van der Waals surface area (Å²) in [7, 11) is 0. The minimum atomic E-state index is -0.577. The predicted molar refractivity (Wildman–Crippen MR) is 231 cm³/mol.